The Morgan fingerprint density at radius 2 is 1.63 bits per heavy atom. The molecule has 2 fully saturated rings. The largest absolute Gasteiger partial charge is 0.378 e. The summed E-state index contributed by atoms with van der Waals surface area (Å²) in [6.45, 7) is 15.8. The van der Waals surface area contributed by atoms with Crippen molar-refractivity contribution in [3.05, 3.63) is 29.8 Å². The van der Waals surface area contributed by atoms with Crippen molar-refractivity contribution in [2.45, 2.75) is 65.1 Å². The van der Waals surface area contributed by atoms with E-state index in [4.69, 9.17) is 4.74 Å². The Balaban J connectivity index is 1.41. The topological polar surface area (TPSA) is 19.0 Å². The second-order valence-corrected chi connectivity index (χ2v) is 8.48. The van der Waals surface area contributed by atoms with E-state index in [2.05, 4.69) is 59.7 Å². The Kier molecular flexibility index (Phi) is 7.98. The number of benzene rings is 1. The molecule has 2 heterocycles. The molecule has 0 aliphatic carbocycles. The molecule has 2 aliphatic heterocycles. The van der Waals surface area contributed by atoms with Crippen LogP contribution in [0.3, 0.4) is 0 Å². The summed E-state index contributed by atoms with van der Waals surface area (Å²) >= 11 is 0. The van der Waals surface area contributed by atoms with E-state index in [9.17, 15) is 0 Å². The van der Waals surface area contributed by atoms with E-state index in [0.717, 1.165) is 39.3 Å². The van der Waals surface area contributed by atoms with E-state index in [1.807, 2.05) is 0 Å². The van der Waals surface area contributed by atoms with Crippen LogP contribution in [0.25, 0.3) is 0 Å². The van der Waals surface area contributed by atoms with Crippen molar-refractivity contribution in [3.8, 4) is 0 Å². The third kappa shape index (κ3) is 6.20. The molecule has 0 N–H and O–H groups in total. The molecular weight excluding hydrogens is 334 g/mol. The minimum absolute atomic E-state index is 0.486. The Bertz CT molecular complexity index is 529. The molecule has 0 amide bonds. The smallest absolute Gasteiger partial charge is 0.0599 e. The SMILES string of the molecule is CCCCOC1CCN(Cc2ccc(N3CCN(C(C)C)CC3)cc2)CC1. The van der Waals surface area contributed by atoms with Crippen LogP contribution < -0.4 is 4.90 Å². The number of hydrogen-bond acceptors (Lipinski definition) is 4. The summed E-state index contributed by atoms with van der Waals surface area (Å²) in [4.78, 5) is 7.68. The third-order valence-corrected chi connectivity index (χ3v) is 6.14. The fraction of sp³-hybridized carbons (Fsp3) is 0.739. The molecule has 27 heavy (non-hydrogen) atoms. The predicted octanol–water partition coefficient (Wildman–Crippen LogP) is 4.00. The molecule has 2 aliphatic rings. The van der Waals surface area contributed by atoms with Gasteiger partial charge in [-0.15, -0.1) is 0 Å². The maximum absolute atomic E-state index is 5.99. The van der Waals surface area contributed by atoms with Crippen molar-refractivity contribution < 1.29 is 4.74 Å². The number of piperidine rings is 1. The fourth-order valence-corrected chi connectivity index (χ4v) is 4.20. The van der Waals surface area contributed by atoms with Gasteiger partial charge >= 0.3 is 0 Å². The highest BCUT2D eigenvalue weighted by Gasteiger charge is 2.21. The molecule has 0 atom stereocenters. The van der Waals surface area contributed by atoms with Crippen LogP contribution in [0.2, 0.25) is 0 Å². The first-order valence-electron chi connectivity index (χ1n) is 11.1. The zero-order chi connectivity index (χ0) is 19.1. The summed E-state index contributed by atoms with van der Waals surface area (Å²) in [5.41, 5.74) is 2.81. The van der Waals surface area contributed by atoms with E-state index in [0.29, 0.717) is 12.1 Å². The van der Waals surface area contributed by atoms with Gasteiger partial charge in [0.25, 0.3) is 0 Å². The van der Waals surface area contributed by atoms with E-state index in [1.54, 1.807) is 0 Å². The van der Waals surface area contributed by atoms with Gasteiger partial charge in [0.2, 0.25) is 0 Å². The van der Waals surface area contributed by atoms with E-state index in [-0.39, 0.29) is 0 Å². The second kappa shape index (κ2) is 10.4. The molecule has 4 nitrogen and oxygen atoms in total. The Morgan fingerprint density at radius 3 is 2.22 bits per heavy atom. The van der Waals surface area contributed by atoms with Crippen LogP contribution in [-0.2, 0) is 11.3 Å². The number of anilines is 1. The summed E-state index contributed by atoms with van der Waals surface area (Å²) in [7, 11) is 0. The lowest BCUT2D eigenvalue weighted by Crippen LogP contribution is -2.48. The normalized spacial score (nSPS) is 20.5. The number of nitrogens with zero attached hydrogens (tertiary/aromatic N) is 3. The Labute approximate surface area is 166 Å². The first-order chi connectivity index (χ1) is 13.2. The zero-order valence-corrected chi connectivity index (χ0v) is 17.7. The minimum Gasteiger partial charge on any atom is -0.378 e. The van der Waals surface area contributed by atoms with Crippen LogP contribution in [-0.4, -0.2) is 67.8 Å². The number of unbranched alkanes of at least 4 members (excludes halogenated alkanes) is 1. The lowest BCUT2D eigenvalue weighted by atomic mass is 10.1. The minimum atomic E-state index is 0.486. The zero-order valence-electron chi connectivity index (χ0n) is 17.7. The molecule has 0 saturated carbocycles. The van der Waals surface area contributed by atoms with Crippen LogP contribution in [0.5, 0.6) is 0 Å². The molecule has 4 heteroatoms. The summed E-state index contributed by atoms with van der Waals surface area (Å²) in [6.07, 6.45) is 5.27. The number of hydrogen-bond donors (Lipinski definition) is 0. The summed E-state index contributed by atoms with van der Waals surface area (Å²) in [6, 6.07) is 9.96. The number of piperazine rings is 1. The van der Waals surface area contributed by atoms with Gasteiger partial charge in [0, 0.05) is 64.1 Å². The third-order valence-electron chi connectivity index (χ3n) is 6.14. The van der Waals surface area contributed by atoms with Gasteiger partial charge in [-0.2, -0.15) is 0 Å². The lowest BCUT2D eigenvalue weighted by Gasteiger charge is -2.38. The molecule has 0 aromatic heterocycles. The van der Waals surface area contributed by atoms with Gasteiger partial charge in [0.15, 0.2) is 0 Å². The van der Waals surface area contributed by atoms with Crippen molar-refractivity contribution in [1.29, 1.82) is 0 Å². The van der Waals surface area contributed by atoms with Crippen LogP contribution in [0.1, 0.15) is 52.0 Å². The van der Waals surface area contributed by atoms with E-state index in [1.165, 1.54) is 50.0 Å². The number of ether oxygens (including phenoxy) is 1. The van der Waals surface area contributed by atoms with E-state index < -0.39 is 0 Å². The first kappa shape index (κ1) is 20.6. The van der Waals surface area contributed by atoms with Gasteiger partial charge in [-0.05, 0) is 50.8 Å². The lowest BCUT2D eigenvalue weighted by molar-refractivity contribution is 0.00476. The van der Waals surface area contributed by atoms with Crippen LogP contribution in [0, 0.1) is 0 Å². The standard InChI is InChI=1S/C23H39N3O/c1-4-5-18-27-23-10-12-24(13-11-23)19-21-6-8-22(9-7-21)26-16-14-25(15-17-26)20(2)3/h6-9,20,23H,4-5,10-19H2,1-3H3. The summed E-state index contributed by atoms with van der Waals surface area (Å²) in [5.74, 6) is 0. The van der Waals surface area contributed by atoms with Crippen LogP contribution in [0.15, 0.2) is 24.3 Å². The highest BCUT2D eigenvalue weighted by molar-refractivity contribution is 5.48. The van der Waals surface area contributed by atoms with Crippen molar-refractivity contribution >= 4 is 5.69 Å². The van der Waals surface area contributed by atoms with E-state index >= 15 is 0 Å². The predicted molar refractivity (Wildman–Crippen MR) is 115 cm³/mol. The average molecular weight is 374 g/mol. The number of likely N-dealkylation sites (tertiary alicyclic amines) is 1. The van der Waals surface area contributed by atoms with Crippen molar-refractivity contribution in [1.82, 2.24) is 9.80 Å². The van der Waals surface area contributed by atoms with Gasteiger partial charge in [0.1, 0.15) is 0 Å². The fourth-order valence-electron chi connectivity index (χ4n) is 4.20. The molecule has 152 valence electrons. The van der Waals surface area contributed by atoms with Crippen molar-refractivity contribution in [2.24, 2.45) is 0 Å². The number of rotatable bonds is 8. The van der Waals surface area contributed by atoms with Crippen LogP contribution in [0.4, 0.5) is 5.69 Å². The molecule has 0 bridgehead atoms. The molecule has 0 radical (unpaired) electrons. The monoisotopic (exact) mass is 373 g/mol. The van der Waals surface area contributed by atoms with Crippen molar-refractivity contribution in [2.75, 3.05) is 50.8 Å². The van der Waals surface area contributed by atoms with Crippen LogP contribution >= 0.6 is 0 Å². The molecule has 0 spiro atoms. The molecule has 2 saturated heterocycles. The molecule has 1 aromatic rings. The van der Waals surface area contributed by atoms with Gasteiger partial charge in [-0.25, -0.2) is 0 Å². The molecule has 3 rings (SSSR count). The van der Waals surface area contributed by atoms with Gasteiger partial charge in [-0.1, -0.05) is 25.5 Å². The Hall–Kier alpha value is -1.10. The molecule has 1 aromatic carbocycles. The van der Waals surface area contributed by atoms with Gasteiger partial charge in [-0.3, -0.25) is 9.80 Å². The van der Waals surface area contributed by atoms with Gasteiger partial charge < -0.3 is 9.64 Å². The van der Waals surface area contributed by atoms with Gasteiger partial charge in [0.05, 0.1) is 6.10 Å². The maximum Gasteiger partial charge on any atom is 0.0599 e. The highest BCUT2D eigenvalue weighted by Crippen LogP contribution is 2.21. The van der Waals surface area contributed by atoms with Crippen molar-refractivity contribution in [3.63, 3.8) is 0 Å². The first-order valence-corrected chi connectivity index (χ1v) is 11.1. The highest BCUT2D eigenvalue weighted by atomic mass is 16.5. The molecular formula is C23H39N3O. The quantitative estimate of drug-likeness (QED) is 0.641. The average Bonchev–Trinajstić information content (AvgIpc) is 2.70. The second-order valence-electron chi connectivity index (χ2n) is 8.48. The maximum atomic E-state index is 5.99. The Morgan fingerprint density at radius 1 is 0.963 bits per heavy atom. The molecule has 0 unspecified atom stereocenters. The summed E-state index contributed by atoms with van der Waals surface area (Å²) < 4.78 is 5.99. The summed E-state index contributed by atoms with van der Waals surface area (Å²) in [5, 5.41) is 0.